The molecule has 1 aromatic carbocycles. The largest absolute Gasteiger partial charge is 0.480 e. The molecular weight excluding hydrogens is 283 g/mol. The van der Waals surface area contributed by atoms with E-state index in [1.807, 2.05) is 24.0 Å². The van der Waals surface area contributed by atoms with Crippen molar-refractivity contribution in [3.63, 3.8) is 0 Å². The van der Waals surface area contributed by atoms with Crippen molar-refractivity contribution >= 4 is 5.97 Å². The van der Waals surface area contributed by atoms with E-state index in [4.69, 9.17) is 5.11 Å². The number of carboxylic acid groups (broad SMARTS) is 1. The van der Waals surface area contributed by atoms with E-state index in [1.165, 1.54) is 6.07 Å². The summed E-state index contributed by atoms with van der Waals surface area (Å²) < 4.78 is 13.3. The molecule has 0 bridgehead atoms. The highest BCUT2D eigenvalue weighted by molar-refractivity contribution is 5.69. The average Bonchev–Trinajstić information content (AvgIpc) is 2.49. The van der Waals surface area contributed by atoms with Gasteiger partial charge in [-0.15, -0.1) is 0 Å². The van der Waals surface area contributed by atoms with E-state index in [0.29, 0.717) is 11.6 Å². The van der Waals surface area contributed by atoms with Gasteiger partial charge >= 0.3 is 5.97 Å². The SMILES string of the molecule is CCN(CC(=O)O)C1CCN(Cc2ccc(F)c(C)c2)CC1. The second kappa shape index (κ2) is 7.70. The molecule has 5 heteroatoms. The van der Waals surface area contributed by atoms with Crippen LogP contribution in [-0.4, -0.2) is 53.1 Å². The summed E-state index contributed by atoms with van der Waals surface area (Å²) in [6, 6.07) is 5.64. The molecule has 1 fully saturated rings. The van der Waals surface area contributed by atoms with Crippen LogP contribution >= 0.6 is 0 Å². The standard InChI is InChI=1S/C17H25FN2O2/c1-3-20(12-17(21)22)15-6-8-19(9-7-15)11-14-4-5-16(18)13(2)10-14/h4-5,10,15H,3,6-9,11-12H2,1-2H3,(H,21,22). The maximum absolute atomic E-state index is 13.3. The lowest BCUT2D eigenvalue weighted by molar-refractivity contribution is -0.139. The van der Waals surface area contributed by atoms with Crippen molar-refractivity contribution in [1.29, 1.82) is 0 Å². The molecule has 122 valence electrons. The van der Waals surface area contributed by atoms with E-state index in [2.05, 4.69) is 4.90 Å². The molecule has 0 aliphatic carbocycles. The average molecular weight is 308 g/mol. The molecule has 1 aliphatic heterocycles. The first-order valence-corrected chi connectivity index (χ1v) is 7.92. The number of likely N-dealkylation sites (tertiary alicyclic amines) is 1. The minimum Gasteiger partial charge on any atom is -0.480 e. The van der Waals surface area contributed by atoms with Crippen LogP contribution in [-0.2, 0) is 11.3 Å². The molecule has 1 N–H and O–H groups in total. The van der Waals surface area contributed by atoms with Crippen LogP contribution in [0.15, 0.2) is 18.2 Å². The van der Waals surface area contributed by atoms with Gasteiger partial charge in [-0.05, 0) is 56.6 Å². The molecule has 0 amide bonds. The summed E-state index contributed by atoms with van der Waals surface area (Å²) in [5.41, 5.74) is 1.82. The zero-order valence-electron chi connectivity index (χ0n) is 13.4. The molecule has 0 saturated carbocycles. The fourth-order valence-corrected chi connectivity index (χ4v) is 3.18. The smallest absolute Gasteiger partial charge is 0.317 e. The van der Waals surface area contributed by atoms with E-state index in [9.17, 15) is 9.18 Å². The number of nitrogens with zero attached hydrogens (tertiary/aromatic N) is 2. The lowest BCUT2D eigenvalue weighted by atomic mass is 10.0. The number of aliphatic carboxylic acids is 1. The Morgan fingerprint density at radius 1 is 1.41 bits per heavy atom. The summed E-state index contributed by atoms with van der Waals surface area (Å²) in [5.74, 6) is -0.916. The zero-order valence-corrected chi connectivity index (χ0v) is 13.4. The first kappa shape index (κ1) is 16.9. The van der Waals surface area contributed by atoms with E-state index in [0.717, 1.165) is 44.6 Å². The third-order valence-corrected chi connectivity index (χ3v) is 4.45. The maximum Gasteiger partial charge on any atom is 0.317 e. The fraction of sp³-hybridized carbons (Fsp3) is 0.588. The van der Waals surface area contributed by atoms with E-state index in [-0.39, 0.29) is 12.4 Å². The Hall–Kier alpha value is -1.46. The van der Waals surface area contributed by atoms with Crippen LogP contribution in [0.2, 0.25) is 0 Å². The van der Waals surface area contributed by atoms with Crippen molar-refractivity contribution in [1.82, 2.24) is 9.80 Å². The van der Waals surface area contributed by atoms with Crippen LogP contribution in [0.1, 0.15) is 30.9 Å². The second-order valence-electron chi connectivity index (χ2n) is 6.05. The molecule has 22 heavy (non-hydrogen) atoms. The van der Waals surface area contributed by atoms with E-state index < -0.39 is 5.97 Å². The number of carboxylic acids is 1. The number of aryl methyl sites for hydroxylation is 1. The van der Waals surface area contributed by atoms with Gasteiger partial charge in [0, 0.05) is 12.6 Å². The van der Waals surface area contributed by atoms with Gasteiger partial charge in [0.05, 0.1) is 6.54 Å². The maximum atomic E-state index is 13.3. The minimum atomic E-state index is -0.758. The Morgan fingerprint density at radius 3 is 2.64 bits per heavy atom. The molecule has 0 spiro atoms. The summed E-state index contributed by atoms with van der Waals surface area (Å²) >= 11 is 0. The summed E-state index contributed by atoms with van der Waals surface area (Å²) in [5, 5.41) is 8.96. The van der Waals surface area contributed by atoms with Crippen LogP contribution in [0, 0.1) is 12.7 Å². The van der Waals surface area contributed by atoms with Gasteiger partial charge in [-0.2, -0.15) is 0 Å². The first-order chi connectivity index (χ1) is 10.5. The van der Waals surface area contributed by atoms with Gasteiger partial charge in [-0.25, -0.2) is 4.39 Å². The highest BCUT2D eigenvalue weighted by Crippen LogP contribution is 2.19. The predicted molar refractivity (Wildman–Crippen MR) is 84.3 cm³/mol. The van der Waals surface area contributed by atoms with E-state index >= 15 is 0 Å². The van der Waals surface area contributed by atoms with Crippen LogP contribution in [0.4, 0.5) is 4.39 Å². The molecule has 1 aromatic rings. The number of hydrogen-bond acceptors (Lipinski definition) is 3. The number of carbonyl (C=O) groups is 1. The van der Waals surface area contributed by atoms with Gasteiger partial charge in [-0.1, -0.05) is 19.1 Å². The van der Waals surface area contributed by atoms with Crippen molar-refractivity contribution in [3.05, 3.63) is 35.1 Å². The predicted octanol–water partition coefficient (Wildman–Crippen LogP) is 2.51. The second-order valence-corrected chi connectivity index (χ2v) is 6.05. The molecule has 1 saturated heterocycles. The molecule has 2 rings (SSSR count). The number of halogens is 1. The van der Waals surface area contributed by atoms with Gasteiger partial charge < -0.3 is 5.11 Å². The Labute approximate surface area is 131 Å². The van der Waals surface area contributed by atoms with Crippen LogP contribution in [0.5, 0.6) is 0 Å². The minimum absolute atomic E-state index is 0.123. The van der Waals surface area contributed by atoms with Gasteiger partial charge in [0.25, 0.3) is 0 Å². The quantitative estimate of drug-likeness (QED) is 0.877. The summed E-state index contributed by atoms with van der Waals surface area (Å²) in [4.78, 5) is 15.3. The van der Waals surface area contributed by atoms with Crippen molar-refractivity contribution in [2.24, 2.45) is 0 Å². The monoisotopic (exact) mass is 308 g/mol. The highest BCUT2D eigenvalue weighted by Gasteiger charge is 2.24. The van der Waals surface area contributed by atoms with Gasteiger partial charge in [-0.3, -0.25) is 14.6 Å². The molecule has 0 unspecified atom stereocenters. The third kappa shape index (κ3) is 4.52. The van der Waals surface area contributed by atoms with Crippen LogP contribution in [0.3, 0.4) is 0 Å². The summed E-state index contributed by atoms with van der Waals surface area (Å²) in [6.45, 7) is 7.44. The Bertz CT molecular complexity index is 513. The van der Waals surface area contributed by atoms with Gasteiger partial charge in [0.1, 0.15) is 5.82 Å². The molecular formula is C17H25FN2O2. The number of benzene rings is 1. The number of likely N-dealkylation sites (N-methyl/N-ethyl adjacent to an activating group) is 1. The number of piperidine rings is 1. The molecule has 1 aliphatic rings. The number of rotatable bonds is 6. The summed E-state index contributed by atoms with van der Waals surface area (Å²) in [6.07, 6.45) is 1.97. The Morgan fingerprint density at radius 2 is 2.09 bits per heavy atom. The van der Waals surface area contributed by atoms with Crippen molar-refractivity contribution in [3.8, 4) is 0 Å². The molecule has 0 atom stereocenters. The summed E-state index contributed by atoms with van der Waals surface area (Å²) in [7, 11) is 0. The van der Waals surface area contributed by atoms with E-state index in [1.54, 1.807) is 6.92 Å². The third-order valence-electron chi connectivity index (χ3n) is 4.45. The fourth-order valence-electron chi connectivity index (χ4n) is 3.18. The molecule has 4 nitrogen and oxygen atoms in total. The molecule has 0 radical (unpaired) electrons. The normalized spacial score (nSPS) is 17.1. The van der Waals surface area contributed by atoms with Crippen molar-refractivity contribution < 1.29 is 14.3 Å². The number of hydrogen-bond donors (Lipinski definition) is 1. The van der Waals surface area contributed by atoms with Gasteiger partial charge in [0.15, 0.2) is 0 Å². The topological polar surface area (TPSA) is 43.8 Å². The van der Waals surface area contributed by atoms with Crippen molar-refractivity contribution in [2.45, 2.75) is 39.3 Å². The lowest BCUT2D eigenvalue weighted by Gasteiger charge is -2.37. The lowest BCUT2D eigenvalue weighted by Crippen LogP contribution is -2.46. The van der Waals surface area contributed by atoms with Crippen LogP contribution < -0.4 is 0 Å². The van der Waals surface area contributed by atoms with Crippen molar-refractivity contribution in [2.75, 3.05) is 26.2 Å². The first-order valence-electron chi connectivity index (χ1n) is 7.92. The Balaban J connectivity index is 1.86. The highest BCUT2D eigenvalue weighted by atomic mass is 19.1. The van der Waals surface area contributed by atoms with Crippen LogP contribution in [0.25, 0.3) is 0 Å². The molecule has 0 aromatic heterocycles. The molecule has 1 heterocycles. The zero-order chi connectivity index (χ0) is 16.1. The van der Waals surface area contributed by atoms with Gasteiger partial charge in [0.2, 0.25) is 0 Å². The Kier molecular flexibility index (Phi) is 5.91.